The highest BCUT2D eigenvalue weighted by Crippen LogP contribution is 2.44. The smallest absolute Gasteiger partial charge is 0.345 e. The van der Waals surface area contributed by atoms with Crippen LogP contribution in [0.3, 0.4) is 0 Å². The van der Waals surface area contributed by atoms with Gasteiger partial charge in [-0.05, 0) is 44.0 Å². The number of ether oxygens (including phenoxy) is 1. The molecule has 2 N–H and O–H groups in total. The summed E-state index contributed by atoms with van der Waals surface area (Å²) in [6, 6.07) is 1.83. The van der Waals surface area contributed by atoms with Gasteiger partial charge in [0.1, 0.15) is 10.5 Å². The molecule has 17 heavy (non-hydrogen) atoms. The van der Waals surface area contributed by atoms with E-state index >= 15 is 0 Å². The molecule has 1 aromatic rings. The Hall–Kier alpha value is -0.910. The third-order valence-electron chi connectivity index (χ3n) is 3.59. The van der Waals surface area contributed by atoms with E-state index < -0.39 is 5.97 Å². The molecule has 3 rings (SSSR count). The quantitative estimate of drug-likeness (QED) is 0.798. The maximum absolute atomic E-state index is 11.0. The summed E-state index contributed by atoms with van der Waals surface area (Å²) in [6.07, 6.45) is 2.73. The van der Waals surface area contributed by atoms with E-state index in [4.69, 9.17) is 9.84 Å². The van der Waals surface area contributed by atoms with Crippen molar-refractivity contribution in [3.8, 4) is 0 Å². The third-order valence-corrected chi connectivity index (χ3v) is 4.95. The lowest BCUT2D eigenvalue weighted by Gasteiger charge is -2.40. The van der Waals surface area contributed by atoms with E-state index in [-0.39, 0.29) is 5.60 Å². The molecule has 0 unspecified atom stereocenters. The zero-order valence-corrected chi connectivity index (χ0v) is 10.3. The van der Waals surface area contributed by atoms with Gasteiger partial charge in [0.05, 0.1) is 6.61 Å². The number of aromatic carboxylic acids is 1. The van der Waals surface area contributed by atoms with Gasteiger partial charge in [0, 0.05) is 4.88 Å². The number of hydrogen-bond donors (Lipinski definition) is 2. The van der Waals surface area contributed by atoms with Crippen LogP contribution in [-0.4, -0.2) is 30.8 Å². The largest absolute Gasteiger partial charge is 0.477 e. The number of piperidine rings is 1. The standard InChI is InChI=1S/C12H15NO3S/c14-11(15)9-7-8-1-6-16-12(10(8)17-9)2-4-13-5-3-12/h7,13H,1-6H2,(H,14,15). The minimum atomic E-state index is -0.825. The van der Waals surface area contributed by atoms with Crippen molar-refractivity contribution in [2.45, 2.75) is 24.9 Å². The van der Waals surface area contributed by atoms with Gasteiger partial charge in [-0.15, -0.1) is 11.3 Å². The van der Waals surface area contributed by atoms with Gasteiger partial charge in [0.2, 0.25) is 0 Å². The van der Waals surface area contributed by atoms with Crippen LogP contribution in [0.15, 0.2) is 6.07 Å². The van der Waals surface area contributed by atoms with E-state index in [1.807, 2.05) is 6.07 Å². The third kappa shape index (κ3) is 1.78. The zero-order valence-electron chi connectivity index (χ0n) is 9.49. The fourth-order valence-electron chi connectivity index (χ4n) is 2.73. The van der Waals surface area contributed by atoms with E-state index in [9.17, 15) is 4.79 Å². The number of carboxylic acid groups (broad SMARTS) is 1. The highest BCUT2D eigenvalue weighted by atomic mass is 32.1. The van der Waals surface area contributed by atoms with Crippen molar-refractivity contribution >= 4 is 17.3 Å². The average Bonchev–Trinajstić information content (AvgIpc) is 2.76. The summed E-state index contributed by atoms with van der Waals surface area (Å²) >= 11 is 1.40. The molecule has 1 aromatic heterocycles. The fraction of sp³-hybridized carbons (Fsp3) is 0.583. The Kier molecular flexibility index (Phi) is 2.69. The maximum Gasteiger partial charge on any atom is 0.345 e. The van der Waals surface area contributed by atoms with Crippen molar-refractivity contribution in [1.82, 2.24) is 5.32 Å². The Morgan fingerprint density at radius 2 is 2.24 bits per heavy atom. The molecule has 0 atom stereocenters. The molecule has 0 radical (unpaired) electrons. The van der Waals surface area contributed by atoms with Crippen LogP contribution in [0.5, 0.6) is 0 Å². The van der Waals surface area contributed by atoms with Crippen molar-refractivity contribution in [2.75, 3.05) is 19.7 Å². The number of thiophene rings is 1. The number of carboxylic acids is 1. The normalized spacial score (nSPS) is 22.4. The number of fused-ring (bicyclic) bond motifs is 2. The molecule has 1 fully saturated rings. The Morgan fingerprint density at radius 3 is 2.94 bits per heavy atom. The summed E-state index contributed by atoms with van der Waals surface area (Å²) in [7, 11) is 0. The molecule has 1 saturated heterocycles. The number of carbonyl (C=O) groups is 1. The molecule has 1 spiro atoms. The maximum atomic E-state index is 11.0. The number of nitrogens with one attached hydrogen (secondary N) is 1. The van der Waals surface area contributed by atoms with E-state index in [0.29, 0.717) is 11.5 Å². The summed E-state index contributed by atoms with van der Waals surface area (Å²) in [4.78, 5) is 12.6. The van der Waals surface area contributed by atoms with Gasteiger partial charge in [-0.1, -0.05) is 0 Å². The van der Waals surface area contributed by atoms with Gasteiger partial charge in [0.25, 0.3) is 0 Å². The molecule has 0 aliphatic carbocycles. The van der Waals surface area contributed by atoms with Crippen molar-refractivity contribution in [3.63, 3.8) is 0 Å². The van der Waals surface area contributed by atoms with Gasteiger partial charge in [0.15, 0.2) is 0 Å². The lowest BCUT2D eigenvalue weighted by molar-refractivity contribution is -0.0771. The molecule has 4 nitrogen and oxygen atoms in total. The summed E-state index contributed by atoms with van der Waals surface area (Å²) in [5.41, 5.74) is 0.970. The predicted molar refractivity (Wildman–Crippen MR) is 64.7 cm³/mol. The first-order valence-electron chi connectivity index (χ1n) is 5.92. The van der Waals surface area contributed by atoms with Crippen molar-refractivity contribution in [3.05, 3.63) is 21.4 Å². The molecule has 2 aliphatic heterocycles. The van der Waals surface area contributed by atoms with Crippen molar-refractivity contribution < 1.29 is 14.6 Å². The zero-order chi connectivity index (χ0) is 11.9. The van der Waals surface area contributed by atoms with Crippen LogP contribution in [-0.2, 0) is 16.8 Å². The minimum Gasteiger partial charge on any atom is -0.477 e. The van der Waals surface area contributed by atoms with Gasteiger partial charge in [-0.3, -0.25) is 0 Å². The highest BCUT2D eigenvalue weighted by molar-refractivity contribution is 7.14. The number of rotatable bonds is 1. The summed E-state index contributed by atoms with van der Waals surface area (Å²) in [5.74, 6) is -0.825. The second-order valence-electron chi connectivity index (χ2n) is 4.61. The first-order valence-corrected chi connectivity index (χ1v) is 6.74. The summed E-state index contributed by atoms with van der Waals surface area (Å²) in [6.45, 7) is 2.60. The first kappa shape index (κ1) is 11.2. The SMILES string of the molecule is O=C(O)c1cc2c(s1)C1(CCNCC1)OCC2. The van der Waals surface area contributed by atoms with E-state index in [0.717, 1.165) is 37.2 Å². The molecule has 0 bridgehead atoms. The summed E-state index contributed by atoms with van der Waals surface area (Å²) in [5, 5.41) is 12.4. The van der Waals surface area contributed by atoms with Gasteiger partial charge in [-0.2, -0.15) is 0 Å². The molecule has 0 amide bonds. The Balaban J connectivity index is 2.03. The molecule has 3 heterocycles. The van der Waals surface area contributed by atoms with Crippen LogP contribution in [0.2, 0.25) is 0 Å². The molecule has 0 saturated carbocycles. The first-order chi connectivity index (χ1) is 8.21. The average molecular weight is 253 g/mol. The molecule has 92 valence electrons. The Morgan fingerprint density at radius 1 is 1.47 bits per heavy atom. The van der Waals surface area contributed by atoms with Crippen LogP contribution >= 0.6 is 11.3 Å². The monoisotopic (exact) mass is 253 g/mol. The van der Waals surface area contributed by atoms with Crippen molar-refractivity contribution in [2.24, 2.45) is 0 Å². The molecule has 0 aromatic carbocycles. The van der Waals surface area contributed by atoms with Crippen LogP contribution in [0, 0.1) is 0 Å². The van der Waals surface area contributed by atoms with Crippen molar-refractivity contribution in [1.29, 1.82) is 0 Å². The predicted octanol–water partition coefficient (Wildman–Crippen LogP) is 1.60. The van der Waals surface area contributed by atoms with Crippen LogP contribution in [0.4, 0.5) is 0 Å². The molecule has 2 aliphatic rings. The number of hydrogen-bond acceptors (Lipinski definition) is 4. The van der Waals surface area contributed by atoms with Gasteiger partial charge >= 0.3 is 5.97 Å². The minimum absolute atomic E-state index is 0.211. The van der Waals surface area contributed by atoms with Crippen LogP contribution < -0.4 is 5.32 Å². The lowest BCUT2D eigenvalue weighted by atomic mass is 9.86. The van der Waals surface area contributed by atoms with Gasteiger partial charge < -0.3 is 15.2 Å². The highest BCUT2D eigenvalue weighted by Gasteiger charge is 2.41. The Bertz CT molecular complexity index is 449. The Labute approximate surface area is 104 Å². The van der Waals surface area contributed by atoms with E-state index in [2.05, 4.69) is 5.32 Å². The van der Waals surface area contributed by atoms with Crippen LogP contribution in [0.1, 0.15) is 33.0 Å². The summed E-state index contributed by atoms with van der Waals surface area (Å²) < 4.78 is 6.00. The van der Waals surface area contributed by atoms with Crippen LogP contribution in [0.25, 0.3) is 0 Å². The fourth-order valence-corrected chi connectivity index (χ4v) is 3.98. The second kappa shape index (κ2) is 4.08. The lowest BCUT2D eigenvalue weighted by Crippen LogP contribution is -2.43. The molecule has 5 heteroatoms. The van der Waals surface area contributed by atoms with E-state index in [1.54, 1.807) is 0 Å². The second-order valence-corrected chi connectivity index (χ2v) is 5.67. The van der Waals surface area contributed by atoms with E-state index in [1.165, 1.54) is 16.9 Å². The molecular formula is C12H15NO3S. The topological polar surface area (TPSA) is 58.6 Å². The molecular weight excluding hydrogens is 238 g/mol. The van der Waals surface area contributed by atoms with Gasteiger partial charge in [-0.25, -0.2) is 4.79 Å².